The van der Waals surface area contributed by atoms with E-state index >= 15 is 0 Å². The Morgan fingerprint density at radius 2 is 1.91 bits per heavy atom. The van der Waals surface area contributed by atoms with E-state index in [1.54, 1.807) is 27.0 Å². The number of rotatable bonds is 6. The van der Waals surface area contributed by atoms with Crippen LogP contribution in [0.1, 0.15) is 37.6 Å². The van der Waals surface area contributed by atoms with Crippen LogP contribution in [0.15, 0.2) is 48.9 Å². The minimum absolute atomic E-state index is 0.237. The van der Waals surface area contributed by atoms with E-state index < -0.39 is 11.7 Å². The monoisotopic (exact) mass is 479 g/mol. The predicted octanol–water partition coefficient (Wildman–Crippen LogP) is 5.08. The molecule has 0 saturated heterocycles. The van der Waals surface area contributed by atoms with Crippen LogP contribution < -0.4 is 10.6 Å². The zero-order chi connectivity index (χ0) is 24.3. The molecule has 0 aliphatic heterocycles. The third-order valence-electron chi connectivity index (χ3n) is 5.07. The summed E-state index contributed by atoms with van der Waals surface area (Å²) in [5, 5.41) is 7.84. The van der Waals surface area contributed by atoms with Crippen LogP contribution in [0, 0.1) is 0 Å². The Bertz CT molecular complexity index is 1360. The maximum absolute atomic E-state index is 12.7. The Kier molecular flexibility index (Phi) is 6.70. The molecule has 3 heterocycles. The van der Waals surface area contributed by atoms with Crippen molar-refractivity contribution in [3.05, 3.63) is 59.5 Å². The molecule has 3 aromatic heterocycles. The lowest BCUT2D eigenvalue weighted by Gasteiger charge is -2.19. The summed E-state index contributed by atoms with van der Waals surface area (Å²) in [7, 11) is 0. The van der Waals surface area contributed by atoms with E-state index in [0.717, 1.165) is 27.4 Å². The number of nitrogens with one attached hydrogen (secondary N) is 3. The van der Waals surface area contributed by atoms with E-state index in [0.29, 0.717) is 35.7 Å². The summed E-state index contributed by atoms with van der Waals surface area (Å²) >= 11 is 6.46. The normalized spacial score (nSPS) is 11.5. The van der Waals surface area contributed by atoms with Crippen molar-refractivity contribution in [2.45, 2.75) is 32.8 Å². The van der Waals surface area contributed by atoms with Crippen LogP contribution in [0.4, 0.5) is 4.79 Å². The van der Waals surface area contributed by atoms with Gasteiger partial charge in [-0.1, -0.05) is 17.7 Å². The molecule has 0 unspecified atom stereocenters. The van der Waals surface area contributed by atoms with Crippen LogP contribution in [0.25, 0.3) is 33.1 Å². The van der Waals surface area contributed by atoms with Crippen LogP contribution >= 0.6 is 11.6 Å². The first-order chi connectivity index (χ1) is 16.2. The van der Waals surface area contributed by atoms with Gasteiger partial charge in [0, 0.05) is 48.0 Å². The quantitative estimate of drug-likeness (QED) is 0.334. The van der Waals surface area contributed by atoms with Crippen molar-refractivity contribution in [1.82, 2.24) is 25.6 Å². The van der Waals surface area contributed by atoms with Crippen molar-refractivity contribution in [1.29, 1.82) is 0 Å². The van der Waals surface area contributed by atoms with Crippen molar-refractivity contribution in [3.63, 3.8) is 0 Å². The molecule has 0 aliphatic carbocycles. The average molecular weight is 480 g/mol. The van der Waals surface area contributed by atoms with Crippen molar-refractivity contribution in [3.8, 4) is 11.1 Å². The molecule has 3 N–H and O–H groups in total. The van der Waals surface area contributed by atoms with Crippen LogP contribution in [-0.4, -0.2) is 45.6 Å². The van der Waals surface area contributed by atoms with Crippen molar-refractivity contribution < 1.29 is 14.3 Å². The summed E-state index contributed by atoms with van der Waals surface area (Å²) in [6.07, 6.45) is 5.20. The third-order valence-corrected chi connectivity index (χ3v) is 5.36. The van der Waals surface area contributed by atoms with Crippen molar-refractivity contribution in [2.75, 3.05) is 13.1 Å². The van der Waals surface area contributed by atoms with E-state index in [1.807, 2.05) is 36.5 Å². The molecule has 9 heteroatoms. The number of aromatic nitrogens is 3. The van der Waals surface area contributed by atoms with Crippen LogP contribution in [-0.2, 0) is 4.74 Å². The fourth-order valence-corrected chi connectivity index (χ4v) is 3.84. The second kappa shape index (κ2) is 9.69. The smallest absolute Gasteiger partial charge is 0.407 e. The lowest BCUT2D eigenvalue weighted by atomic mass is 10.0. The molecule has 2 amide bonds. The fraction of sp³-hybridized carbons (Fsp3) is 0.280. The van der Waals surface area contributed by atoms with E-state index in [2.05, 4.69) is 25.6 Å². The first-order valence-electron chi connectivity index (χ1n) is 11.0. The number of pyridine rings is 2. The Hall–Kier alpha value is -3.65. The number of ether oxygens (including phenoxy) is 1. The summed E-state index contributed by atoms with van der Waals surface area (Å²) in [5.41, 5.74) is 3.12. The first kappa shape index (κ1) is 23.5. The van der Waals surface area contributed by atoms with E-state index in [1.165, 1.54) is 6.20 Å². The van der Waals surface area contributed by atoms with Crippen LogP contribution in [0.2, 0.25) is 5.02 Å². The molecule has 34 heavy (non-hydrogen) atoms. The summed E-state index contributed by atoms with van der Waals surface area (Å²) in [6.45, 7) is 6.21. The molecule has 0 saturated carbocycles. The second-order valence-corrected chi connectivity index (χ2v) is 9.30. The molecule has 0 aliphatic rings. The van der Waals surface area contributed by atoms with Gasteiger partial charge in [-0.3, -0.25) is 9.78 Å². The second-order valence-electron chi connectivity index (χ2n) is 8.89. The van der Waals surface area contributed by atoms with Gasteiger partial charge in [0.05, 0.1) is 16.1 Å². The topological polar surface area (TPSA) is 109 Å². The molecule has 1 aromatic carbocycles. The number of nitrogens with zero attached hydrogens (tertiary/aromatic N) is 2. The van der Waals surface area contributed by atoms with Gasteiger partial charge >= 0.3 is 6.09 Å². The SMILES string of the molecule is CC(C)(C)OC(=O)NCCCNC(=O)c1cnc2[nH]cc(-c3cc(Cl)c4ncccc4c3)c2c1. The van der Waals surface area contributed by atoms with Gasteiger partial charge in [-0.05, 0) is 57.0 Å². The predicted molar refractivity (Wildman–Crippen MR) is 133 cm³/mol. The maximum atomic E-state index is 12.7. The van der Waals surface area contributed by atoms with Gasteiger partial charge < -0.3 is 20.4 Å². The summed E-state index contributed by atoms with van der Waals surface area (Å²) in [6, 6.07) is 9.51. The minimum Gasteiger partial charge on any atom is -0.444 e. The zero-order valence-electron chi connectivity index (χ0n) is 19.2. The molecule has 0 spiro atoms. The van der Waals surface area contributed by atoms with Gasteiger partial charge in [0.25, 0.3) is 5.91 Å². The molecular formula is C25H26ClN5O3. The number of benzene rings is 1. The maximum Gasteiger partial charge on any atom is 0.407 e. The standard InChI is InChI=1S/C25H26ClN5O3/c1-25(2,3)34-24(33)29-9-5-8-28-23(32)17-11-18-19(14-31-22(18)30-13-17)16-10-15-6-4-7-27-21(15)20(26)12-16/h4,6-7,10-14H,5,8-9H2,1-3H3,(H,28,32)(H,29,33)(H,30,31). The highest BCUT2D eigenvalue weighted by atomic mass is 35.5. The number of hydrogen-bond donors (Lipinski definition) is 3. The average Bonchev–Trinajstić information content (AvgIpc) is 3.21. The molecule has 0 bridgehead atoms. The fourth-order valence-electron chi connectivity index (χ4n) is 3.57. The van der Waals surface area contributed by atoms with Crippen molar-refractivity contribution in [2.24, 2.45) is 0 Å². The Labute approximate surface area is 202 Å². The number of carbonyl (C=O) groups is 2. The summed E-state index contributed by atoms with van der Waals surface area (Å²) in [4.78, 5) is 36.2. The lowest BCUT2D eigenvalue weighted by Crippen LogP contribution is -2.34. The number of amides is 2. The highest BCUT2D eigenvalue weighted by molar-refractivity contribution is 6.35. The molecule has 0 atom stereocenters. The number of fused-ring (bicyclic) bond motifs is 2. The molecule has 8 nitrogen and oxygen atoms in total. The van der Waals surface area contributed by atoms with Gasteiger partial charge in [-0.2, -0.15) is 0 Å². The van der Waals surface area contributed by atoms with Crippen LogP contribution in [0.3, 0.4) is 0 Å². The zero-order valence-corrected chi connectivity index (χ0v) is 20.0. The van der Waals surface area contributed by atoms with E-state index in [4.69, 9.17) is 16.3 Å². The van der Waals surface area contributed by atoms with E-state index in [9.17, 15) is 9.59 Å². The number of halogens is 1. The molecular weight excluding hydrogens is 454 g/mol. The Morgan fingerprint density at radius 3 is 2.71 bits per heavy atom. The van der Waals surface area contributed by atoms with Gasteiger partial charge in [0.2, 0.25) is 0 Å². The Morgan fingerprint density at radius 1 is 1.12 bits per heavy atom. The number of alkyl carbamates (subject to hydrolysis) is 1. The van der Waals surface area contributed by atoms with Gasteiger partial charge in [0.15, 0.2) is 0 Å². The summed E-state index contributed by atoms with van der Waals surface area (Å²) < 4.78 is 5.19. The molecule has 0 fully saturated rings. The van der Waals surface area contributed by atoms with E-state index in [-0.39, 0.29) is 5.91 Å². The molecule has 0 radical (unpaired) electrons. The van der Waals surface area contributed by atoms with Gasteiger partial charge in [-0.15, -0.1) is 0 Å². The highest BCUT2D eigenvalue weighted by Gasteiger charge is 2.16. The first-order valence-corrected chi connectivity index (χ1v) is 11.4. The largest absolute Gasteiger partial charge is 0.444 e. The number of aromatic amines is 1. The summed E-state index contributed by atoms with van der Waals surface area (Å²) in [5.74, 6) is -0.237. The third kappa shape index (κ3) is 5.46. The van der Waals surface area contributed by atoms with Gasteiger partial charge in [-0.25, -0.2) is 9.78 Å². The molecule has 4 aromatic rings. The van der Waals surface area contributed by atoms with Gasteiger partial charge in [0.1, 0.15) is 11.2 Å². The lowest BCUT2D eigenvalue weighted by molar-refractivity contribution is 0.0527. The van der Waals surface area contributed by atoms with Crippen LogP contribution in [0.5, 0.6) is 0 Å². The van der Waals surface area contributed by atoms with Crippen molar-refractivity contribution >= 4 is 45.5 Å². The molecule has 4 rings (SSSR count). The number of H-pyrrole nitrogens is 1. The molecule has 176 valence electrons. The highest BCUT2D eigenvalue weighted by Crippen LogP contribution is 2.33. The number of carbonyl (C=O) groups excluding carboxylic acids is 2. The Balaban J connectivity index is 1.43. The minimum atomic E-state index is -0.546. The number of hydrogen-bond acceptors (Lipinski definition) is 5.